The molecule has 9 rings (SSSR count). The van der Waals surface area contributed by atoms with Gasteiger partial charge in [-0.25, -0.2) is 0 Å². The SMILES string of the molecule is O=C1C[C@]2(c3ccc([N+](=O)[O-])cc3)C(=O)N(Cc3ccccc3)c3cc(CO)ccc3[C@H]2N1CC12CC3CC(CC(C3)C1)C2. The van der Waals surface area contributed by atoms with Crippen LogP contribution in [-0.2, 0) is 28.2 Å². The van der Waals surface area contributed by atoms with Crippen LogP contribution in [0.2, 0.25) is 0 Å². The summed E-state index contributed by atoms with van der Waals surface area (Å²) in [6.07, 6.45) is 7.38. The van der Waals surface area contributed by atoms with Gasteiger partial charge in [-0.05, 0) is 90.0 Å². The predicted molar refractivity (Wildman–Crippen MR) is 164 cm³/mol. The molecule has 0 radical (unpaired) electrons. The Morgan fingerprint density at radius 1 is 0.864 bits per heavy atom. The molecule has 44 heavy (non-hydrogen) atoms. The molecule has 0 unspecified atom stereocenters. The van der Waals surface area contributed by atoms with Crippen molar-refractivity contribution in [2.75, 3.05) is 11.4 Å². The third-order valence-corrected chi connectivity index (χ3v) is 11.5. The first-order chi connectivity index (χ1) is 21.3. The first kappa shape index (κ1) is 27.5. The minimum absolute atomic E-state index is 0.0210. The number of amides is 2. The molecule has 5 fully saturated rings. The number of hydrogen-bond acceptors (Lipinski definition) is 5. The molecule has 4 saturated carbocycles. The number of likely N-dealkylation sites (tertiary alicyclic amines) is 1. The number of carbonyl (C=O) groups excluding carboxylic acids is 2. The monoisotopic (exact) mass is 591 g/mol. The number of nitro groups is 1. The highest BCUT2D eigenvalue weighted by atomic mass is 16.6. The number of nitrogens with zero attached hydrogens (tertiary/aromatic N) is 3. The summed E-state index contributed by atoms with van der Waals surface area (Å²) in [4.78, 5) is 44.4. The zero-order valence-electron chi connectivity index (χ0n) is 24.7. The molecule has 2 heterocycles. The fraction of sp³-hybridized carbons (Fsp3) is 0.444. The van der Waals surface area contributed by atoms with Crippen LogP contribution in [0, 0.1) is 33.3 Å². The summed E-state index contributed by atoms with van der Waals surface area (Å²) < 4.78 is 0. The number of aliphatic hydroxyl groups is 1. The normalized spacial score (nSPS) is 31.8. The molecule has 4 bridgehead atoms. The van der Waals surface area contributed by atoms with Crippen LogP contribution >= 0.6 is 0 Å². The Morgan fingerprint density at radius 2 is 1.52 bits per heavy atom. The number of carbonyl (C=O) groups is 2. The maximum atomic E-state index is 15.1. The maximum absolute atomic E-state index is 15.1. The van der Waals surface area contributed by atoms with Crippen molar-refractivity contribution in [2.24, 2.45) is 23.2 Å². The lowest BCUT2D eigenvalue weighted by atomic mass is 9.49. The fourth-order valence-corrected chi connectivity index (χ4v) is 10.2. The zero-order chi connectivity index (χ0) is 30.2. The van der Waals surface area contributed by atoms with E-state index < -0.39 is 16.4 Å². The molecule has 8 nitrogen and oxygen atoms in total. The number of anilines is 1. The number of nitro benzene ring substituents is 1. The second-order valence-corrected chi connectivity index (χ2v) is 14.2. The minimum atomic E-state index is -1.23. The number of benzene rings is 3. The number of aliphatic hydroxyl groups excluding tert-OH is 1. The van der Waals surface area contributed by atoms with Crippen LogP contribution in [0.1, 0.15) is 73.2 Å². The van der Waals surface area contributed by atoms with Gasteiger partial charge in [0, 0.05) is 30.8 Å². The molecule has 2 aliphatic heterocycles. The van der Waals surface area contributed by atoms with Crippen molar-refractivity contribution in [1.29, 1.82) is 0 Å². The molecular formula is C36H37N3O5. The number of rotatable bonds is 7. The molecule has 3 aromatic carbocycles. The average molecular weight is 592 g/mol. The third kappa shape index (κ3) is 4.14. The van der Waals surface area contributed by atoms with Gasteiger partial charge in [0.2, 0.25) is 11.8 Å². The molecule has 4 aliphatic carbocycles. The van der Waals surface area contributed by atoms with Crippen LogP contribution in [0.4, 0.5) is 11.4 Å². The van der Waals surface area contributed by atoms with Gasteiger partial charge in [0.15, 0.2) is 0 Å². The third-order valence-electron chi connectivity index (χ3n) is 11.5. The van der Waals surface area contributed by atoms with E-state index >= 15 is 4.79 Å². The van der Waals surface area contributed by atoms with Crippen LogP contribution < -0.4 is 4.90 Å². The molecule has 8 heteroatoms. The van der Waals surface area contributed by atoms with E-state index in [-0.39, 0.29) is 35.9 Å². The van der Waals surface area contributed by atoms with E-state index in [1.54, 1.807) is 17.0 Å². The summed E-state index contributed by atoms with van der Waals surface area (Å²) in [7, 11) is 0. The summed E-state index contributed by atoms with van der Waals surface area (Å²) >= 11 is 0. The lowest BCUT2D eigenvalue weighted by Crippen LogP contribution is -2.56. The second-order valence-electron chi connectivity index (χ2n) is 14.2. The van der Waals surface area contributed by atoms with Gasteiger partial charge in [-0.1, -0.05) is 54.6 Å². The van der Waals surface area contributed by atoms with Gasteiger partial charge in [-0.15, -0.1) is 0 Å². The largest absolute Gasteiger partial charge is 0.392 e. The molecule has 2 atom stereocenters. The van der Waals surface area contributed by atoms with Crippen molar-refractivity contribution in [3.05, 3.63) is 105 Å². The van der Waals surface area contributed by atoms with Crippen molar-refractivity contribution in [2.45, 2.75) is 69.6 Å². The van der Waals surface area contributed by atoms with Gasteiger partial charge < -0.3 is 14.9 Å². The van der Waals surface area contributed by atoms with Crippen molar-refractivity contribution < 1.29 is 19.6 Å². The topological polar surface area (TPSA) is 104 Å². The highest BCUT2D eigenvalue weighted by molar-refractivity contribution is 6.09. The lowest BCUT2D eigenvalue weighted by Gasteiger charge is -2.58. The Morgan fingerprint density at radius 3 is 2.14 bits per heavy atom. The van der Waals surface area contributed by atoms with Crippen molar-refractivity contribution in [1.82, 2.24) is 4.90 Å². The van der Waals surface area contributed by atoms with Gasteiger partial charge in [-0.3, -0.25) is 19.7 Å². The molecule has 1 saturated heterocycles. The molecule has 2 amide bonds. The van der Waals surface area contributed by atoms with Crippen molar-refractivity contribution in [3.63, 3.8) is 0 Å². The van der Waals surface area contributed by atoms with Gasteiger partial charge in [-0.2, -0.15) is 0 Å². The molecule has 226 valence electrons. The van der Waals surface area contributed by atoms with E-state index in [1.807, 2.05) is 53.4 Å². The summed E-state index contributed by atoms with van der Waals surface area (Å²) in [5.41, 5.74) is 2.71. The van der Waals surface area contributed by atoms with Crippen LogP contribution in [-0.4, -0.2) is 33.3 Å². The standard InChI is InChI=1S/C36H37N3O5/c40-21-24-6-11-30-31(15-24)37(20-23-4-2-1-3-5-23)34(42)36(28-7-9-29(10-8-28)39(43)44)19-32(41)38(33(30)36)22-35-16-25-12-26(17-35)14-27(13-25)18-35/h1-11,15,25-27,33,40H,12-14,16-22H2/t25?,26?,27?,33-,35?,36-/m1/s1. The van der Waals surface area contributed by atoms with Crippen molar-refractivity contribution in [3.8, 4) is 0 Å². The number of hydrogen-bond donors (Lipinski definition) is 1. The summed E-state index contributed by atoms with van der Waals surface area (Å²) in [5, 5.41) is 21.6. The molecule has 0 aromatic heterocycles. The smallest absolute Gasteiger partial charge is 0.269 e. The van der Waals surface area contributed by atoms with Gasteiger partial charge in [0.05, 0.1) is 24.1 Å². The van der Waals surface area contributed by atoms with E-state index in [2.05, 4.69) is 0 Å². The maximum Gasteiger partial charge on any atom is 0.269 e. The molecule has 6 aliphatic rings. The second kappa shape index (κ2) is 9.99. The van der Waals surface area contributed by atoms with Gasteiger partial charge >= 0.3 is 0 Å². The molecular weight excluding hydrogens is 554 g/mol. The Kier molecular flexibility index (Phi) is 6.25. The average Bonchev–Trinajstić information content (AvgIpc) is 3.31. The molecule has 3 aromatic rings. The Hall–Kier alpha value is -4.04. The van der Waals surface area contributed by atoms with E-state index in [4.69, 9.17) is 0 Å². The van der Waals surface area contributed by atoms with E-state index in [0.29, 0.717) is 24.2 Å². The molecule has 1 N–H and O–H groups in total. The number of fused-ring (bicyclic) bond motifs is 3. The Labute approximate surface area is 256 Å². The predicted octanol–water partition coefficient (Wildman–Crippen LogP) is 6.06. The highest BCUT2D eigenvalue weighted by Gasteiger charge is 2.64. The minimum Gasteiger partial charge on any atom is -0.392 e. The Bertz CT molecular complexity index is 1620. The van der Waals surface area contributed by atoms with Gasteiger partial charge in [0.25, 0.3) is 5.69 Å². The first-order valence-corrected chi connectivity index (χ1v) is 15.9. The van der Waals surface area contributed by atoms with Crippen molar-refractivity contribution >= 4 is 23.2 Å². The summed E-state index contributed by atoms with van der Waals surface area (Å²) in [6.45, 7) is 0.794. The molecule has 0 spiro atoms. The van der Waals surface area contributed by atoms with Crippen LogP contribution in [0.5, 0.6) is 0 Å². The Balaban J connectivity index is 1.29. The number of non-ortho nitro benzene ring substituents is 1. The summed E-state index contributed by atoms with van der Waals surface area (Å²) in [5.74, 6) is 1.98. The van der Waals surface area contributed by atoms with Crippen LogP contribution in [0.15, 0.2) is 72.8 Å². The lowest BCUT2D eigenvalue weighted by molar-refractivity contribution is -0.384. The summed E-state index contributed by atoms with van der Waals surface area (Å²) in [6, 6.07) is 21.3. The first-order valence-electron chi connectivity index (χ1n) is 15.9. The fourth-order valence-electron chi connectivity index (χ4n) is 10.2. The van der Waals surface area contributed by atoms with E-state index in [9.17, 15) is 20.0 Å². The van der Waals surface area contributed by atoms with Crippen LogP contribution in [0.3, 0.4) is 0 Å². The zero-order valence-corrected chi connectivity index (χ0v) is 24.7. The van der Waals surface area contributed by atoms with Gasteiger partial charge in [0.1, 0.15) is 5.41 Å². The highest BCUT2D eigenvalue weighted by Crippen LogP contribution is 2.63. The van der Waals surface area contributed by atoms with E-state index in [1.165, 1.54) is 31.4 Å². The quantitative estimate of drug-likeness (QED) is 0.266. The van der Waals surface area contributed by atoms with Crippen LogP contribution in [0.25, 0.3) is 0 Å². The van der Waals surface area contributed by atoms with E-state index in [0.717, 1.165) is 53.8 Å².